The standard InChI is InChI=1S/C42H58N4O6/c1-8-12-14-16-26-50-37(29(5)31(7)47)20-18-21-39-43-41(34-23-22-33(28-36(34)48)52-32(11-4)19-10-3)45-42(44-39)35-24-25-38(30(6)40(35)46-49)51-27-17-15-13-9-2/h18,20,22-25,28,32,47-48H,7-17,19,21,26-27H2,1-6H3/b20-18-,37-29+. The number of allylic oxidation sites excluding steroid dienone is 3. The Bertz CT molecular complexity index is 1670. The third kappa shape index (κ3) is 12.5. The van der Waals surface area contributed by atoms with Crippen molar-refractivity contribution in [1.82, 2.24) is 15.0 Å². The molecule has 1 atom stereocenters. The molecule has 2 aromatic carbocycles. The van der Waals surface area contributed by atoms with E-state index in [4.69, 9.17) is 29.2 Å². The Morgan fingerprint density at radius 3 is 2.19 bits per heavy atom. The molecule has 1 heterocycles. The number of aliphatic hydroxyl groups is 1. The highest BCUT2D eigenvalue weighted by molar-refractivity contribution is 5.77. The minimum Gasteiger partial charge on any atom is -0.508 e. The van der Waals surface area contributed by atoms with Crippen LogP contribution < -0.4 is 9.47 Å². The van der Waals surface area contributed by atoms with Gasteiger partial charge in [0.2, 0.25) is 0 Å². The van der Waals surface area contributed by atoms with Gasteiger partial charge in [-0.05, 0) is 75.0 Å². The maximum absolute atomic E-state index is 12.3. The summed E-state index contributed by atoms with van der Waals surface area (Å²) >= 11 is 0. The Morgan fingerprint density at radius 1 is 0.904 bits per heavy atom. The first-order valence-electron chi connectivity index (χ1n) is 18.9. The molecule has 0 bridgehead atoms. The number of unbranched alkanes of at least 4 members (excludes halogenated alkanes) is 6. The average Bonchev–Trinajstić information content (AvgIpc) is 3.13. The quantitative estimate of drug-likeness (QED) is 0.0402. The van der Waals surface area contributed by atoms with Gasteiger partial charge in [-0.1, -0.05) is 85.3 Å². The maximum Gasteiger partial charge on any atom is 0.167 e. The lowest BCUT2D eigenvalue weighted by molar-refractivity contribution is 0.185. The van der Waals surface area contributed by atoms with Gasteiger partial charge in [0.05, 0.1) is 24.9 Å². The van der Waals surface area contributed by atoms with Gasteiger partial charge in [-0.25, -0.2) is 15.0 Å². The molecule has 0 saturated heterocycles. The molecule has 2 N–H and O–H groups in total. The number of hydrogen-bond acceptors (Lipinski definition) is 10. The van der Waals surface area contributed by atoms with E-state index in [1.165, 1.54) is 0 Å². The van der Waals surface area contributed by atoms with Crippen molar-refractivity contribution in [2.75, 3.05) is 13.2 Å². The smallest absolute Gasteiger partial charge is 0.167 e. The van der Waals surface area contributed by atoms with E-state index in [9.17, 15) is 15.1 Å². The molecule has 10 heteroatoms. The summed E-state index contributed by atoms with van der Waals surface area (Å²) in [5, 5.41) is 24.7. The minimum absolute atomic E-state index is 0.0435. The number of nitrogens with zero attached hydrogens (tertiary/aromatic N) is 4. The molecule has 1 aromatic heterocycles. The number of aromatic hydroxyl groups is 1. The van der Waals surface area contributed by atoms with Crippen molar-refractivity contribution in [1.29, 1.82) is 0 Å². The van der Waals surface area contributed by atoms with E-state index >= 15 is 0 Å². The third-order valence-corrected chi connectivity index (χ3v) is 8.86. The first kappa shape index (κ1) is 41.7. The predicted octanol–water partition coefficient (Wildman–Crippen LogP) is 11.6. The molecular formula is C42H58N4O6. The van der Waals surface area contributed by atoms with E-state index in [1.54, 1.807) is 44.2 Å². The lowest BCUT2D eigenvalue weighted by Crippen LogP contribution is -2.14. The number of phenolic OH excluding ortho intramolecular Hbond substituents is 1. The van der Waals surface area contributed by atoms with Gasteiger partial charge in [0.1, 0.15) is 40.3 Å². The lowest BCUT2D eigenvalue weighted by atomic mass is 10.1. The van der Waals surface area contributed by atoms with E-state index in [0.717, 1.165) is 70.6 Å². The van der Waals surface area contributed by atoms with E-state index in [-0.39, 0.29) is 41.4 Å². The molecule has 282 valence electrons. The van der Waals surface area contributed by atoms with E-state index in [2.05, 4.69) is 39.5 Å². The van der Waals surface area contributed by atoms with Gasteiger partial charge in [0.25, 0.3) is 0 Å². The van der Waals surface area contributed by atoms with Crippen LogP contribution in [0.25, 0.3) is 22.8 Å². The van der Waals surface area contributed by atoms with Crippen LogP contribution in [0.5, 0.6) is 17.2 Å². The molecule has 0 fully saturated rings. The number of nitroso groups, excluding NO2 is 1. The molecule has 0 spiro atoms. The van der Waals surface area contributed by atoms with Gasteiger partial charge in [0, 0.05) is 29.2 Å². The second-order valence-electron chi connectivity index (χ2n) is 13.1. The number of phenols is 1. The minimum atomic E-state index is -0.0709. The summed E-state index contributed by atoms with van der Waals surface area (Å²) < 4.78 is 18.2. The largest absolute Gasteiger partial charge is 0.508 e. The lowest BCUT2D eigenvalue weighted by Gasteiger charge is -2.17. The fraction of sp³-hybridized carbons (Fsp3) is 0.500. The highest BCUT2D eigenvalue weighted by Gasteiger charge is 2.20. The second-order valence-corrected chi connectivity index (χ2v) is 13.1. The highest BCUT2D eigenvalue weighted by atomic mass is 16.5. The first-order chi connectivity index (χ1) is 25.2. The van der Waals surface area contributed by atoms with Crippen molar-refractivity contribution in [2.45, 2.75) is 125 Å². The molecule has 0 radical (unpaired) electrons. The number of rotatable bonds is 24. The highest BCUT2D eigenvalue weighted by Crippen LogP contribution is 2.38. The van der Waals surface area contributed by atoms with Crippen LogP contribution in [-0.4, -0.2) is 44.5 Å². The predicted molar refractivity (Wildman–Crippen MR) is 209 cm³/mol. The van der Waals surface area contributed by atoms with Crippen molar-refractivity contribution >= 4 is 5.69 Å². The number of aliphatic hydroxyl groups excluding tert-OH is 1. The number of ether oxygens (including phenoxy) is 3. The maximum atomic E-state index is 12.3. The van der Waals surface area contributed by atoms with E-state index < -0.39 is 0 Å². The first-order valence-corrected chi connectivity index (χ1v) is 18.9. The summed E-state index contributed by atoms with van der Waals surface area (Å²) in [6, 6.07) is 8.65. The summed E-state index contributed by atoms with van der Waals surface area (Å²) in [6.07, 6.45) is 15.2. The van der Waals surface area contributed by atoms with Crippen molar-refractivity contribution in [3.63, 3.8) is 0 Å². The van der Waals surface area contributed by atoms with Gasteiger partial charge in [-0.15, -0.1) is 4.91 Å². The summed E-state index contributed by atoms with van der Waals surface area (Å²) in [4.78, 5) is 26.5. The molecule has 0 saturated carbocycles. The van der Waals surface area contributed by atoms with Gasteiger partial charge < -0.3 is 24.4 Å². The molecule has 0 aliphatic heterocycles. The molecule has 3 aromatic rings. The van der Waals surface area contributed by atoms with E-state index in [0.29, 0.717) is 58.6 Å². The molecule has 0 amide bonds. The van der Waals surface area contributed by atoms with Crippen LogP contribution in [0.2, 0.25) is 0 Å². The Balaban J connectivity index is 2.04. The fourth-order valence-electron chi connectivity index (χ4n) is 5.64. The van der Waals surface area contributed by atoms with Gasteiger partial charge in [0.15, 0.2) is 11.6 Å². The fourth-order valence-corrected chi connectivity index (χ4v) is 5.64. The summed E-state index contributed by atoms with van der Waals surface area (Å²) in [5.41, 5.74) is 2.12. The van der Waals surface area contributed by atoms with Gasteiger partial charge >= 0.3 is 0 Å². The number of benzene rings is 2. The summed E-state index contributed by atoms with van der Waals surface area (Å²) in [5.74, 6) is 2.39. The summed E-state index contributed by atoms with van der Waals surface area (Å²) in [7, 11) is 0. The summed E-state index contributed by atoms with van der Waals surface area (Å²) in [6.45, 7) is 16.8. The van der Waals surface area contributed by atoms with Crippen LogP contribution >= 0.6 is 0 Å². The average molecular weight is 715 g/mol. The molecule has 10 nitrogen and oxygen atoms in total. The van der Waals surface area contributed by atoms with Gasteiger partial charge in [-0.2, -0.15) is 0 Å². The SMILES string of the molecule is C=C(O)/C(C)=C(\C=C/Cc1nc(-c2ccc(OC(CC)CCC)cc2O)nc(-c2ccc(OCCCCCC)c(C)c2N=O)n1)OCCCCCC. The Kier molecular flexibility index (Phi) is 17.8. The zero-order valence-electron chi connectivity index (χ0n) is 32.0. The van der Waals surface area contributed by atoms with E-state index in [1.807, 2.05) is 12.1 Å². The van der Waals surface area contributed by atoms with Crippen LogP contribution in [0.1, 0.15) is 117 Å². The molecule has 3 rings (SSSR count). The van der Waals surface area contributed by atoms with Crippen molar-refractivity contribution in [3.05, 3.63) is 82.4 Å². The molecule has 1 unspecified atom stereocenters. The van der Waals surface area contributed by atoms with Crippen LogP contribution in [0.3, 0.4) is 0 Å². The Labute approximate surface area is 310 Å². The van der Waals surface area contributed by atoms with Crippen molar-refractivity contribution in [2.24, 2.45) is 5.18 Å². The van der Waals surface area contributed by atoms with Crippen molar-refractivity contribution in [3.8, 4) is 40.0 Å². The Morgan fingerprint density at radius 2 is 1.58 bits per heavy atom. The van der Waals surface area contributed by atoms with Crippen molar-refractivity contribution < 1.29 is 24.4 Å². The van der Waals surface area contributed by atoms with Crippen LogP contribution in [0.15, 0.2) is 71.3 Å². The normalized spacial score (nSPS) is 12.4. The third-order valence-electron chi connectivity index (χ3n) is 8.86. The molecule has 0 aliphatic carbocycles. The zero-order chi connectivity index (χ0) is 37.9. The Hall–Kier alpha value is -4.73. The van der Waals surface area contributed by atoms with Crippen LogP contribution in [0, 0.1) is 11.8 Å². The number of aromatic nitrogens is 3. The van der Waals surface area contributed by atoms with Crippen LogP contribution in [-0.2, 0) is 11.2 Å². The zero-order valence-corrected chi connectivity index (χ0v) is 32.0. The molecular weight excluding hydrogens is 656 g/mol. The second kappa shape index (κ2) is 22.3. The monoisotopic (exact) mass is 714 g/mol. The topological polar surface area (TPSA) is 136 Å². The van der Waals surface area contributed by atoms with Gasteiger partial charge in [-0.3, -0.25) is 0 Å². The van der Waals surface area contributed by atoms with Crippen LogP contribution in [0.4, 0.5) is 5.69 Å². The molecule has 52 heavy (non-hydrogen) atoms. The molecule has 0 aliphatic rings. The number of hydrogen-bond donors (Lipinski definition) is 2.